The summed E-state index contributed by atoms with van der Waals surface area (Å²) in [6.07, 6.45) is 7.46. The van der Waals surface area contributed by atoms with Crippen LogP contribution in [0.15, 0.2) is 0 Å². The molecule has 1 heterocycles. The van der Waals surface area contributed by atoms with Gasteiger partial charge in [0.25, 0.3) is 10.1 Å². The van der Waals surface area contributed by atoms with Gasteiger partial charge < -0.3 is 10.3 Å². The van der Waals surface area contributed by atoms with Gasteiger partial charge in [-0.05, 0) is 19.3 Å². The molecule has 2 unspecified atom stereocenters. The molecule has 0 aromatic heterocycles. The van der Waals surface area contributed by atoms with Crippen molar-refractivity contribution in [1.29, 1.82) is 0 Å². The predicted octanol–water partition coefficient (Wildman–Crippen LogP) is 3.23. The third-order valence-electron chi connectivity index (χ3n) is 4.10. The number of nitrogens with one attached hydrogen (secondary N) is 1. The highest BCUT2D eigenvalue weighted by atomic mass is 35.5. The van der Waals surface area contributed by atoms with Crippen molar-refractivity contribution in [3.8, 4) is 0 Å². The second-order valence-corrected chi connectivity index (χ2v) is 11.7. The Morgan fingerprint density at radius 2 is 1.81 bits per heavy atom. The van der Waals surface area contributed by atoms with Crippen LogP contribution in [-0.4, -0.2) is 72.0 Å². The van der Waals surface area contributed by atoms with Gasteiger partial charge in [0.15, 0.2) is 8.45 Å². The highest BCUT2D eigenvalue weighted by molar-refractivity contribution is 8.00. The van der Waals surface area contributed by atoms with Gasteiger partial charge >= 0.3 is 0 Å². The normalized spacial score (nSPS) is 24.5. The van der Waals surface area contributed by atoms with E-state index < -0.39 is 18.6 Å². The first-order chi connectivity index (χ1) is 12.9. The Kier molecular flexibility index (Phi) is 14.5. The summed E-state index contributed by atoms with van der Waals surface area (Å²) in [6.45, 7) is 1.99. The van der Waals surface area contributed by atoms with E-state index in [1.807, 2.05) is 0 Å². The molecular weight excluding hydrogens is 452 g/mol. The van der Waals surface area contributed by atoms with E-state index in [-0.39, 0.29) is 11.1 Å². The number of hydrogen-bond acceptors (Lipinski definition) is 7. The van der Waals surface area contributed by atoms with Crippen molar-refractivity contribution < 1.29 is 17.5 Å². The van der Waals surface area contributed by atoms with Crippen molar-refractivity contribution in [1.82, 2.24) is 9.76 Å². The van der Waals surface area contributed by atoms with Crippen molar-refractivity contribution >= 4 is 53.5 Å². The van der Waals surface area contributed by atoms with Crippen LogP contribution in [0, 0.1) is 0 Å². The topological polar surface area (TPSA) is 105 Å². The van der Waals surface area contributed by atoms with Crippen molar-refractivity contribution in [2.75, 3.05) is 43.0 Å². The van der Waals surface area contributed by atoms with E-state index in [0.717, 1.165) is 6.42 Å². The zero-order chi connectivity index (χ0) is 20.1. The van der Waals surface area contributed by atoms with Gasteiger partial charge in [0.05, 0.1) is 17.7 Å². The molecule has 1 aliphatic carbocycles. The lowest BCUT2D eigenvalue weighted by atomic mass is 9.97. The van der Waals surface area contributed by atoms with Crippen LogP contribution < -0.4 is 10.8 Å². The first-order valence-electron chi connectivity index (χ1n) is 9.24. The fraction of sp³-hybridized carbons (Fsp3) is 1.00. The molecule has 0 bridgehead atoms. The van der Waals surface area contributed by atoms with Gasteiger partial charge in [0.1, 0.15) is 0 Å². The summed E-state index contributed by atoms with van der Waals surface area (Å²) in [7, 11) is -4.84. The summed E-state index contributed by atoms with van der Waals surface area (Å²) in [5.74, 6) is 1.12. The molecule has 0 aromatic carbocycles. The largest absolute Gasteiger partial charge is 0.331 e. The zero-order valence-electron chi connectivity index (χ0n) is 15.6. The van der Waals surface area contributed by atoms with E-state index in [0.29, 0.717) is 43.3 Å². The number of nitrogens with zero attached hydrogens (tertiary/aromatic N) is 1. The Morgan fingerprint density at radius 1 is 1.19 bits per heavy atom. The summed E-state index contributed by atoms with van der Waals surface area (Å²) < 4.78 is 37.8. The summed E-state index contributed by atoms with van der Waals surface area (Å²) in [5, 5.41) is 3.46. The summed E-state index contributed by atoms with van der Waals surface area (Å²) >= 11 is 13.0. The van der Waals surface area contributed by atoms with E-state index >= 15 is 0 Å². The van der Waals surface area contributed by atoms with Gasteiger partial charge in [-0.25, -0.2) is 9.76 Å². The molecule has 7 nitrogen and oxygen atoms in total. The van der Waals surface area contributed by atoms with Gasteiger partial charge in [0, 0.05) is 36.6 Å². The number of hydrogen-bond donors (Lipinski definition) is 3. The average Bonchev–Trinajstić information content (AvgIpc) is 2.62. The van der Waals surface area contributed by atoms with Crippen molar-refractivity contribution in [3.05, 3.63) is 0 Å². The Morgan fingerprint density at radius 3 is 2.30 bits per heavy atom. The van der Waals surface area contributed by atoms with Crippen molar-refractivity contribution in [2.45, 2.75) is 49.9 Å². The van der Waals surface area contributed by atoms with Crippen LogP contribution in [-0.2, 0) is 14.6 Å². The first kappa shape index (κ1) is 26.1. The summed E-state index contributed by atoms with van der Waals surface area (Å²) in [6, 6.07) is 0.536. The number of thioether (sulfide) groups is 1. The molecule has 0 spiro atoms. The standard InChI is InChI=1S/C9H19Cl2N2O4PS2.C6H13N/c10-2-4-13(5-3-11)18-12-9(1-6-17-18)19-7-8-20(14,15)16;7-6-4-2-1-3-5-6/h9,12H,1-8H2,(H,14,15,16);6H,1-5,7H2. The highest BCUT2D eigenvalue weighted by Crippen LogP contribution is 2.42. The van der Waals surface area contributed by atoms with E-state index in [1.54, 1.807) is 0 Å². The SMILES string of the molecule is NC1CCCCC1.O=S(=O)(O)CCSC1CCOP(N(CCCl)CCCl)N1. The van der Waals surface area contributed by atoms with Gasteiger partial charge in [0.2, 0.25) is 0 Å². The van der Waals surface area contributed by atoms with Crippen LogP contribution in [0.25, 0.3) is 0 Å². The predicted molar refractivity (Wildman–Crippen MR) is 117 cm³/mol. The second kappa shape index (κ2) is 15.0. The third-order valence-corrected chi connectivity index (χ3v) is 8.66. The Bertz CT molecular complexity index is 482. The average molecular weight is 484 g/mol. The van der Waals surface area contributed by atoms with Crippen molar-refractivity contribution in [2.24, 2.45) is 5.73 Å². The van der Waals surface area contributed by atoms with Crippen molar-refractivity contribution in [3.63, 3.8) is 0 Å². The molecule has 1 saturated heterocycles. The smallest absolute Gasteiger partial charge is 0.265 e. The van der Waals surface area contributed by atoms with Crippen LogP contribution in [0.5, 0.6) is 0 Å². The lowest BCUT2D eigenvalue weighted by Crippen LogP contribution is -2.37. The first-order valence-corrected chi connectivity index (χ1v) is 14.2. The molecule has 12 heteroatoms. The maximum atomic E-state index is 10.7. The molecule has 2 atom stereocenters. The molecule has 4 N–H and O–H groups in total. The monoisotopic (exact) mass is 483 g/mol. The minimum Gasteiger partial charge on any atom is -0.331 e. The maximum absolute atomic E-state index is 10.7. The molecule has 162 valence electrons. The van der Waals surface area contributed by atoms with E-state index in [1.165, 1.54) is 43.9 Å². The molecule has 1 saturated carbocycles. The Hall–Kier alpha value is 1.11. The number of halogens is 2. The lowest BCUT2D eigenvalue weighted by Gasteiger charge is -2.36. The van der Waals surface area contributed by atoms with Gasteiger partial charge in [-0.3, -0.25) is 4.55 Å². The van der Waals surface area contributed by atoms with E-state index in [9.17, 15) is 8.42 Å². The zero-order valence-corrected chi connectivity index (χ0v) is 19.6. The molecule has 2 aliphatic rings. The lowest BCUT2D eigenvalue weighted by molar-refractivity contribution is 0.272. The van der Waals surface area contributed by atoms with Crippen LogP contribution in [0.3, 0.4) is 0 Å². The Balaban J connectivity index is 0.000000433. The van der Waals surface area contributed by atoms with E-state index in [2.05, 4.69) is 9.76 Å². The fourth-order valence-electron chi connectivity index (χ4n) is 2.67. The van der Waals surface area contributed by atoms with Gasteiger partial charge in [-0.2, -0.15) is 8.42 Å². The molecule has 2 fully saturated rings. The molecule has 2 rings (SSSR count). The van der Waals surface area contributed by atoms with Gasteiger partial charge in [-0.15, -0.1) is 35.0 Å². The third kappa shape index (κ3) is 13.1. The van der Waals surface area contributed by atoms with Crippen LogP contribution in [0.4, 0.5) is 0 Å². The molecule has 27 heavy (non-hydrogen) atoms. The quantitative estimate of drug-likeness (QED) is 0.260. The highest BCUT2D eigenvalue weighted by Gasteiger charge is 2.27. The minimum atomic E-state index is -3.89. The minimum absolute atomic E-state index is 0.116. The second-order valence-electron chi connectivity index (χ2n) is 6.40. The summed E-state index contributed by atoms with van der Waals surface area (Å²) in [5.41, 5.74) is 5.63. The van der Waals surface area contributed by atoms with Crippen LogP contribution in [0.2, 0.25) is 0 Å². The van der Waals surface area contributed by atoms with Crippen LogP contribution in [0.1, 0.15) is 38.5 Å². The molecule has 0 radical (unpaired) electrons. The molecule has 0 aromatic rings. The maximum Gasteiger partial charge on any atom is 0.265 e. The number of alkyl halides is 2. The Labute approximate surface area is 179 Å². The molecule has 1 aliphatic heterocycles. The number of rotatable bonds is 9. The molecule has 0 amide bonds. The van der Waals surface area contributed by atoms with Crippen LogP contribution >= 0.6 is 43.4 Å². The fourth-order valence-corrected chi connectivity index (χ4v) is 7.28. The van der Waals surface area contributed by atoms with E-state index in [4.69, 9.17) is 38.0 Å². The van der Waals surface area contributed by atoms with Gasteiger partial charge in [-0.1, -0.05) is 19.3 Å². The number of nitrogens with two attached hydrogens (primary N) is 1. The summed E-state index contributed by atoms with van der Waals surface area (Å²) in [4.78, 5) is 0. The molecular formula is C15H32Cl2N3O4PS2.